The molecule has 0 aliphatic rings. The third-order valence-corrected chi connectivity index (χ3v) is 2.61. The highest BCUT2D eigenvalue weighted by Crippen LogP contribution is 2.28. The first kappa shape index (κ1) is 14.4. The number of phenols is 1. The number of anilines is 1. The molecule has 6 heteroatoms. The SMILES string of the molecule is CC(=O)Nc1ccc(Oc2ccc(C(=O)O)c(O)c2)cc1. The number of nitrogens with one attached hydrogen (secondary N) is 1. The van der Waals surface area contributed by atoms with Crippen molar-refractivity contribution in [2.75, 3.05) is 5.32 Å². The first-order valence-electron chi connectivity index (χ1n) is 6.07. The Bertz CT molecular complexity index is 679. The quantitative estimate of drug-likeness (QED) is 0.803. The van der Waals surface area contributed by atoms with Crippen LogP contribution in [0.2, 0.25) is 0 Å². The summed E-state index contributed by atoms with van der Waals surface area (Å²) in [7, 11) is 0. The van der Waals surface area contributed by atoms with Gasteiger partial charge in [0.05, 0.1) is 0 Å². The van der Waals surface area contributed by atoms with E-state index >= 15 is 0 Å². The highest BCUT2D eigenvalue weighted by Gasteiger charge is 2.10. The number of carbonyl (C=O) groups is 2. The van der Waals surface area contributed by atoms with Crippen LogP contribution < -0.4 is 10.1 Å². The Kier molecular flexibility index (Phi) is 4.08. The Morgan fingerprint density at radius 1 is 1.05 bits per heavy atom. The zero-order chi connectivity index (χ0) is 15.4. The van der Waals surface area contributed by atoms with Gasteiger partial charge in [0, 0.05) is 18.7 Å². The molecule has 108 valence electrons. The summed E-state index contributed by atoms with van der Waals surface area (Å²) in [5.41, 5.74) is 0.447. The van der Waals surface area contributed by atoms with Crippen LogP contribution in [0.15, 0.2) is 42.5 Å². The fourth-order valence-electron chi connectivity index (χ4n) is 1.70. The Hall–Kier alpha value is -3.02. The zero-order valence-electron chi connectivity index (χ0n) is 11.2. The van der Waals surface area contributed by atoms with E-state index in [1.54, 1.807) is 24.3 Å². The lowest BCUT2D eigenvalue weighted by atomic mass is 10.2. The van der Waals surface area contributed by atoms with Gasteiger partial charge in [-0.05, 0) is 36.4 Å². The van der Waals surface area contributed by atoms with E-state index in [2.05, 4.69) is 5.32 Å². The van der Waals surface area contributed by atoms with Crippen molar-refractivity contribution in [2.45, 2.75) is 6.92 Å². The maximum Gasteiger partial charge on any atom is 0.339 e. The van der Waals surface area contributed by atoms with Gasteiger partial charge in [0.1, 0.15) is 22.8 Å². The Labute approximate surface area is 120 Å². The van der Waals surface area contributed by atoms with Crippen molar-refractivity contribution in [3.8, 4) is 17.2 Å². The number of hydrogen-bond acceptors (Lipinski definition) is 4. The third kappa shape index (κ3) is 3.73. The second kappa shape index (κ2) is 5.96. The molecule has 2 aromatic carbocycles. The summed E-state index contributed by atoms with van der Waals surface area (Å²) < 4.78 is 5.49. The zero-order valence-corrected chi connectivity index (χ0v) is 11.2. The van der Waals surface area contributed by atoms with Gasteiger partial charge in [0.15, 0.2) is 0 Å². The molecular formula is C15H13NO5. The van der Waals surface area contributed by atoms with Crippen LogP contribution in [0, 0.1) is 0 Å². The average Bonchev–Trinajstić information content (AvgIpc) is 2.40. The number of rotatable bonds is 4. The number of carboxylic acids is 1. The van der Waals surface area contributed by atoms with Crippen LogP contribution >= 0.6 is 0 Å². The lowest BCUT2D eigenvalue weighted by molar-refractivity contribution is -0.114. The van der Waals surface area contributed by atoms with Gasteiger partial charge in [0.25, 0.3) is 0 Å². The van der Waals surface area contributed by atoms with Crippen LogP contribution in [0.1, 0.15) is 17.3 Å². The van der Waals surface area contributed by atoms with E-state index < -0.39 is 5.97 Å². The van der Waals surface area contributed by atoms with Gasteiger partial charge in [-0.3, -0.25) is 4.79 Å². The number of carbonyl (C=O) groups excluding carboxylic acids is 1. The molecule has 0 saturated heterocycles. The van der Waals surface area contributed by atoms with Crippen molar-refractivity contribution in [3.05, 3.63) is 48.0 Å². The van der Waals surface area contributed by atoms with Gasteiger partial charge >= 0.3 is 5.97 Å². The number of amides is 1. The number of benzene rings is 2. The summed E-state index contributed by atoms with van der Waals surface area (Å²) in [5.74, 6) is -0.942. The summed E-state index contributed by atoms with van der Waals surface area (Å²) in [6.45, 7) is 1.41. The number of aromatic carboxylic acids is 1. The second-order valence-corrected chi connectivity index (χ2v) is 4.29. The van der Waals surface area contributed by atoms with Gasteiger partial charge < -0.3 is 20.3 Å². The number of ether oxygens (including phenoxy) is 1. The molecule has 0 aromatic heterocycles. The molecule has 0 unspecified atom stereocenters. The normalized spacial score (nSPS) is 9.95. The van der Waals surface area contributed by atoms with Gasteiger partial charge in [0.2, 0.25) is 5.91 Å². The third-order valence-electron chi connectivity index (χ3n) is 2.61. The van der Waals surface area contributed by atoms with Crippen molar-refractivity contribution in [3.63, 3.8) is 0 Å². The van der Waals surface area contributed by atoms with Crippen LogP contribution in [-0.2, 0) is 4.79 Å². The van der Waals surface area contributed by atoms with Crippen molar-refractivity contribution in [2.24, 2.45) is 0 Å². The fraction of sp³-hybridized carbons (Fsp3) is 0.0667. The Balaban J connectivity index is 2.13. The highest BCUT2D eigenvalue weighted by atomic mass is 16.5. The second-order valence-electron chi connectivity index (χ2n) is 4.29. The van der Waals surface area contributed by atoms with E-state index in [1.165, 1.54) is 25.1 Å². The van der Waals surface area contributed by atoms with Crippen molar-refractivity contribution in [1.82, 2.24) is 0 Å². The van der Waals surface area contributed by atoms with E-state index in [0.29, 0.717) is 17.2 Å². The first-order valence-corrected chi connectivity index (χ1v) is 6.07. The molecule has 0 fully saturated rings. The fourth-order valence-corrected chi connectivity index (χ4v) is 1.70. The summed E-state index contributed by atoms with van der Waals surface area (Å²) >= 11 is 0. The molecule has 0 radical (unpaired) electrons. The standard InChI is InChI=1S/C15H13NO5/c1-9(17)16-10-2-4-11(5-3-10)21-12-6-7-13(15(19)20)14(18)8-12/h2-8,18H,1H3,(H,16,17)(H,19,20). The molecule has 2 rings (SSSR count). The molecule has 0 spiro atoms. The van der Waals surface area contributed by atoms with E-state index in [9.17, 15) is 14.7 Å². The van der Waals surface area contributed by atoms with Gasteiger partial charge in [-0.25, -0.2) is 4.79 Å². The smallest absolute Gasteiger partial charge is 0.339 e. The van der Waals surface area contributed by atoms with Gasteiger partial charge in [-0.1, -0.05) is 0 Å². The molecule has 0 aliphatic carbocycles. The molecule has 0 saturated carbocycles. The predicted octanol–water partition coefficient (Wildman–Crippen LogP) is 2.84. The van der Waals surface area contributed by atoms with Gasteiger partial charge in [-0.15, -0.1) is 0 Å². The van der Waals surface area contributed by atoms with Crippen molar-refractivity contribution in [1.29, 1.82) is 0 Å². The van der Waals surface area contributed by atoms with E-state index in [1.807, 2.05) is 0 Å². The molecule has 2 aromatic rings. The van der Waals surface area contributed by atoms with E-state index in [4.69, 9.17) is 9.84 Å². The van der Waals surface area contributed by atoms with E-state index in [0.717, 1.165) is 0 Å². The van der Waals surface area contributed by atoms with Crippen LogP contribution in [0.3, 0.4) is 0 Å². The van der Waals surface area contributed by atoms with Crippen LogP contribution in [0.25, 0.3) is 0 Å². The highest BCUT2D eigenvalue weighted by molar-refractivity contribution is 5.91. The minimum absolute atomic E-state index is 0.169. The molecule has 0 bridgehead atoms. The maximum atomic E-state index is 10.9. The van der Waals surface area contributed by atoms with Gasteiger partial charge in [-0.2, -0.15) is 0 Å². The molecule has 0 atom stereocenters. The minimum Gasteiger partial charge on any atom is -0.507 e. The molecule has 0 aliphatic heterocycles. The monoisotopic (exact) mass is 287 g/mol. The molecule has 1 amide bonds. The number of hydrogen-bond donors (Lipinski definition) is 3. The Morgan fingerprint density at radius 3 is 2.19 bits per heavy atom. The number of carboxylic acid groups (broad SMARTS) is 1. The largest absolute Gasteiger partial charge is 0.507 e. The summed E-state index contributed by atoms with van der Waals surface area (Å²) in [6.07, 6.45) is 0. The molecule has 6 nitrogen and oxygen atoms in total. The molecule has 21 heavy (non-hydrogen) atoms. The average molecular weight is 287 g/mol. The molecule has 0 heterocycles. The first-order chi connectivity index (χ1) is 9.95. The van der Waals surface area contributed by atoms with Crippen molar-refractivity contribution >= 4 is 17.6 Å². The number of aromatic hydroxyl groups is 1. The summed E-state index contributed by atoms with van der Waals surface area (Å²) in [5, 5.41) is 21.0. The lowest BCUT2D eigenvalue weighted by Gasteiger charge is -2.08. The summed E-state index contributed by atoms with van der Waals surface area (Å²) in [6, 6.07) is 10.6. The van der Waals surface area contributed by atoms with Crippen molar-refractivity contribution < 1.29 is 24.5 Å². The predicted molar refractivity (Wildman–Crippen MR) is 75.9 cm³/mol. The van der Waals surface area contributed by atoms with Crippen LogP contribution in [0.5, 0.6) is 17.2 Å². The molecule has 3 N–H and O–H groups in total. The van der Waals surface area contributed by atoms with E-state index in [-0.39, 0.29) is 17.2 Å². The minimum atomic E-state index is -1.21. The lowest BCUT2D eigenvalue weighted by Crippen LogP contribution is -2.05. The van der Waals surface area contributed by atoms with Crippen LogP contribution in [-0.4, -0.2) is 22.1 Å². The molecular weight excluding hydrogens is 274 g/mol. The summed E-state index contributed by atoms with van der Waals surface area (Å²) in [4.78, 5) is 21.7. The maximum absolute atomic E-state index is 10.9. The topological polar surface area (TPSA) is 95.9 Å². The Morgan fingerprint density at radius 2 is 1.67 bits per heavy atom. The van der Waals surface area contributed by atoms with Crippen LogP contribution in [0.4, 0.5) is 5.69 Å².